The highest BCUT2D eigenvalue weighted by atomic mass is 16.5. The normalized spacial score (nSPS) is 24.9. The van der Waals surface area contributed by atoms with Gasteiger partial charge in [0.2, 0.25) is 11.8 Å². The van der Waals surface area contributed by atoms with Crippen LogP contribution in [0.2, 0.25) is 0 Å². The number of carbonyl (C=O) groups is 2. The number of amides is 2. The molecule has 0 aromatic rings. The molecule has 2 amide bonds. The van der Waals surface area contributed by atoms with E-state index in [0.717, 1.165) is 12.8 Å². The van der Waals surface area contributed by atoms with E-state index in [-0.39, 0.29) is 17.7 Å². The van der Waals surface area contributed by atoms with Gasteiger partial charge in [0.05, 0.1) is 13.2 Å². The Morgan fingerprint density at radius 3 is 2.65 bits per heavy atom. The van der Waals surface area contributed by atoms with Crippen LogP contribution in [0.15, 0.2) is 0 Å². The average Bonchev–Trinajstić information content (AvgIpc) is 3.11. The van der Waals surface area contributed by atoms with E-state index >= 15 is 0 Å². The first-order valence-electron chi connectivity index (χ1n) is 6.28. The summed E-state index contributed by atoms with van der Waals surface area (Å²) in [7, 11) is 0. The summed E-state index contributed by atoms with van der Waals surface area (Å²) in [5, 5.41) is 2.93. The Kier molecular flexibility index (Phi) is 3.66. The zero-order valence-corrected chi connectivity index (χ0v) is 10.4. The molecule has 1 saturated heterocycles. The second kappa shape index (κ2) is 5.04. The summed E-state index contributed by atoms with van der Waals surface area (Å²) in [5.74, 6) is -0.116. The monoisotopic (exact) mass is 240 g/mol. The molecule has 17 heavy (non-hydrogen) atoms. The van der Waals surface area contributed by atoms with E-state index in [2.05, 4.69) is 5.32 Å². The van der Waals surface area contributed by atoms with Crippen molar-refractivity contribution in [3.63, 3.8) is 0 Å². The number of ether oxygens (including phenoxy) is 1. The van der Waals surface area contributed by atoms with Gasteiger partial charge in [-0.2, -0.15) is 0 Å². The van der Waals surface area contributed by atoms with Crippen LogP contribution < -0.4 is 5.32 Å². The van der Waals surface area contributed by atoms with Gasteiger partial charge in [0.25, 0.3) is 0 Å². The molecule has 1 atom stereocenters. The summed E-state index contributed by atoms with van der Waals surface area (Å²) in [4.78, 5) is 25.7. The van der Waals surface area contributed by atoms with Crippen molar-refractivity contribution in [2.75, 3.05) is 19.8 Å². The third-order valence-electron chi connectivity index (χ3n) is 3.13. The summed E-state index contributed by atoms with van der Waals surface area (Å²) in [5.41, 5.74) is 0. The molecule has 96 valence electrons. The molecule has 1 heterocycles. The molecule has 2 rings (SSSR count). The molecule has 0 bridgehead atoms. The van der Waals surface area contributed by atoms with Gasteiger partial charge in [0.1, 0.15) is 6.04 Å². The van der Waals surface area contributed by atoms with Crippen LogP contribution in [0, 0.1) is 5.92 Å². The van der Waals surface area contributed by atoms with E-state index in [1.807, 2.05) is 13.8 Å². The topological polar surface area (TPSA) is 58.6 Å². The molecule has 1 unspecified atom stereocenters. The molecular weight excluding hydrogens is 220 g/mol. The lowest BCUT2D eigenvalue weighted by Crippen LogP contribution is -2.57. The Hall–Kier alpha value is -1.10. The van der Waals surface area contributed by atoms with Crippen molar-refractivity contribution in [3.8, 4) is 0 Å². The lowest BCUT2D eigenvalue weighted by molar-refractivity contribution is -0.150. The Bertz CT molecular complexity index is 313. The molecule has 0 spiro atoms. The molecule has 5 nitrogen and oxygen atoms in total. The maximum absolute atomic E-state index is 12.0. The number of nitrogens with zero attached hydrogens (tertiary/aromatic N) is 1. The first-order valence-corrected chi connectivity index (χ1v) is 6.28. The van der Waals surface area contributed by atoms with Crippen molar-refractivity contribution < 1.29 is 14.3 Å². The van der Waals surface area contributed by atoms with Gasteiger partial charge in [-0.15, -0.1) is 0 Å². The van der Waals surface area contributed by atoms with Crippen molar-refractivity contribution in [2.45, 2.75) is 38.8 Å². The SMILES string of the molecule is CC(C)C(=O)N1CCOCC1C(=O)NC1CC1. The average molecular weight is 240 g/mol. The summed E-state index contributed by atoms with van der Waals surface area (Å²) < 4.78 is 5.31. The van der Waals surface area contributed by atoms with Gasteiger partial charge >= 0.3 is 0 Å². The minimum Gasteiger partial charge on any atom is -0.377 e. The van der Waals surface area contributed by atoms with Crippen LogP contribution in [0.25, 0.3) is 0 Å². The second-order valence-electron chi connectivity index (χ2n) is 5.06. The largest absolute Gasteiger partial charge is 0.377 e. The number of nitrogens with one attached hydrogen (secondary N) is 1. The standard InChI is InChI=1S/C12H20N2O3/c1-8(2)12(16)14-5-6-17-7-10(14)11(15)13-9-3-4-9/h8-10H,3-7H2,1-2H3,(H,13,15). The van der Waals surface area contributed by atoms with E-state index < -0.39 is 6.04 Å². The maximum Gasteiger partial charge on any atom is 0.245 e. The molecule has 0 radical (unpaired) electrons. The van der Waals surface area contributed by atoms with Crippen LogP contribution in [-0.2, 0) is 14.3 Å². The van der Waals surface area contributed by atoms with Crippen molar-refractivity contribution in [2.24, 2.45) is 5.92 Å². The number of morpholine rings is 1. The van der Waals surface area contributed by atoms with Crippen LogP contribution >= 0.6 is 0 Å². The lowest BCUT2D eigenvalue weighted by Gasteiger charge is -2.35. The van der Waals surface area contributed by atoms with Crippen LogP contribution in [0.1, 0.15) is 26.7 Å². The van der Waals surface area contributed by atoms with Crippen LogP contribution in [-0.4, -0.2) is 48.6 Å². The summed E-state index contributed by atoms with van der Waals surface area (Å²) in [6, 6.07) is -0.125. The highest BCUT2D eigenvalue weighted by molar-refractivity contribution is 5.88. The van der Waals surface area contributed by atoms with Crippen molar-refractivity contribution in [3.05, 3.63) is 0 Å². The minimum absolute atomic E-state index is 0.0317. The first-order chi connectivity index (χ1) is 8.09. The Morgan fingerprint density at radius 2 is 2.06 bits per heavy atom. The molecule has 5 heteroatoms. The zero-order chi connectivity index (χ0) is 12.4. The molecule has 0 aromatic carbocycles. The molecular formula is C12H20N2O3. The van der Waals surface area contributed by atoms with Crippen molar-refractivity contribution in [1.29, 1.82) is 0 Å². The fourth-order valence-corrected chi connectivity index (χ4v) is 1.94. The Morgan fingerprint density at radius 1 is 1.35 bits per heavy atom. The van der Waals surface area contributed by atoms with Gasteiger partial charge in [-0.3, -0.25) is 9.59 Å². The molecule has 2 aliphatic rings. The second-order valence-corrected chi connectivity index (χ2v) is 5.06. The molecule has 1 aliphatic carbocycles. The molecule has 1 aliphatic heterocycles. The number of hydrogen-bond donors (Lipinski definition) is 1. The lowest BCUT2D eigenvalue weighted by atomic mass is 10.1. The smallest absolute Gasteiger partial charge is 0.245 e. The Labute approximate surface area is 101 Å². The predicted molar refractivity (Wildman–Crippen MR) is 62.3 cm³/mol. The highest BCUT2D eigenvalue weighted by Gasteiger charge is 2.36. The van der Waals surface area contributed by atoms with Gasteiger partial charge < -0.3 is 15.0 Å². The fourth-order valence-electron chi connectivity index (χ4n) is 1.94. The van der Waals surface area contributed by atoms with Crippen LogP contribution in [0.5, 0.6) is 0 Å². The maximum atomic E-state index is 12.0. The van der Waals surface area contributed by atoms with Gasteiger partial charge in [0, 0.05) is 18.5 Å². The third-order valence-corrected chi connectivity index (χ3v) is 3.13. The fraction of sp³-hybridized carbons (Fsp3) is 0.833. The zero-order valence-electron chi connectivity index (χ0n) is 10.4. The summed E-state index contributed by atoms with van der Waals surface area (Å²) in [6.07, 6.45) is 2.11. The minimum atomic E-state index is -0.445. The quantitative estimate of drug-likeness (QED) is 0.764. The van der Waals surface area contributed by atoms with E-state index in [9.17, 15) is 9.59 Å². The van der Waals surface area contributed by atoms with Gasteiger partial charge in [0.15, 0.2) is 0 Å². The van der Waals surface area contributed by atoms with Gasteiger partial charge in [-0.25, -0.2) is 0 Å². The number of carbonyl (C=O) groups excluding carboxylic acids is 2. The number of hydrogen-bond acceptors (Lipinski definition) is 3. The van der Waals surface area contributed by atoms with E-state index in [1.54, 1.807) is 4.90 Å². The molecule has 1 saturated carbocycles. The first kappa shape index (κ1) is 12.4. The Balaban J connectivity index is 2.00. The molecule has 0 aromatic heterocycles. The third kappa shape index (κ3) is 2.97. The van der Waals surface area contributed by atoms with Gasteiger partial charge in [-0.05, 0) is 12.8 Å². The van der Waals surface area contributed by atoms with E-state index in [1.165, 1.54) is 0 Å². The predicted octanol–water partition coefficient (Wildman–Crippen LogP) is 0.148. The summed E-state index contributed by atoms with van der Waals surface area (Å²) >= 11 is 0. The molecule has 1 N–H and O–H groups in total. The van der Waals surface area contributed by atoms with Crippen LogP contribution in [0.4, 0.5) is 0 Å². The summed E-state index contributed by atoms with van der Waals surface area (Å²) in [6.45, 7) is 5.06. The van der Waals surface area contributed by atoms with Crippen molar-refractivity contribution in [1.82, 2.24) is 10.2 Å². The van der Waals surface area contributed by atoms with E-state index in [4.69, 9.17) is 4.74 Å². The van der Waals surface area contributed by atoms with E-state index in [0.29, 0.717) is 25.8 Å². The van der Waals surface area contributed by atoms with Crippen molar-refractivity contribution >= 4 is 11.8 Å². The van der Waals surface area contributed by atoms with Crippen LogP contribution in [0.3, 0.4) is 0 Å². The number of rotatable bonds is 3. The highest BCUT2D eigenvalue weighted by Crippen LogP contribution is 2.20. The van der Waals surface area contributed by atoms with Gasteiger partial charge in [-0.1, -0.05) is 13.8 Å². The molecule has 2 fully saturated rings.